The summed E-state index contributed by atoms with van der Waals surface area (Å²) in [4.78, 5) is 11.8. The van der Waals surface area contributed by atoms with Crippen LogP contribution in [0.3, 0.4) is 0 Å². The summed E-state index contributed by atoms with van der Waals surface area (Å²) >= 11 is 0. The van der Waals surface area contributed by atoms with Crippen LogP contribution < -0.4 is 14.8 Å². The van der Waals surface area contributed by atoms with Crippen molar-refractivity contribution in [2.24, 2.45) is 0 Å². The van der Waals surface area contributed by atoms with Gasteiger partial charge in [0.2, 0.25) is 0 Å². The fourth-order valence-electron chi connectivity index (χ4n) is 2.12. The topological polar surface area (TPSA) is 84.5 Å². The van der Waals surface area contributed by atoms with Crippen LogP contribution in [0.5, 0.6) is 5.75 Å². The summed E-state index contributed by atoms with van der Waals surface area (Å²) < 4.78 is 45.7. The van der Waals surface area contributed by atoms with Crippen LogP contribution in [0, 0.1) is 5.82 Å². The van der Waals surface area contributed by atoms with Gasteiger partial charge in [-0.25, -0.2) is 12.8 Å². The molecule has 0 spiro atoms. The van der Waals surface area contributed by atoms with Crippen LogP contribution in [0.2, 0.25) is 0 Å². The average molecular weight is 380 g/mol. The van der Waals surface area contributed by atoms with Gasteiger partial charge in [-0.1, -0.05) is 6.07 Å². The number of carbonyl (C=O) groups excluding carboxylic acids is 1. The molecule has 2 aromatic carbocycles. The van der Waals surface area contributed by atoms with Gasteiger partial charge in [-0.15, -0.1) is 0 Å². The largest absolute Gasteiger partial charge is 0.481 e. The first kappa shape index (κ1) is 19.7. The quantitative estimate of drug-likeness (QED) is 0.774. The Hall–Kier alpha value is -2.61. The van der Waals surface area contributed by atoms with E-state index in [1.807, 2.05) is 13.8 Å². The molecule has 2 aromatic rings. The standard InChI is InChI=1S/C18H21FN2O4S/c1-12(2)20-18(22)13(3)25-16-7-9-17(10-8-16)26(23,24)21-15-6-4-5-14(19)11-15/h4-13,21H,1-3H3,(H,20,22)/t13-/m1/s1. The van der Waals surface area contributed by atoms with E-state index in [0.29, 0.717) is 5.75 Å². The molecule has 0 unspecified atom stereocenters. The molecule has 0 radical (unpaired) electrons. The lowest BCUT2D eigenvalue weighted by molar-refractivity contribution is -0.127. The molecule has 2 N–H and O–H groups in total. The Morgan fingerprint density at radius 1 is 1.08 bits per heavy atom. The number of halogens is 1. The zero-order chi connectivity index (χ0) is 19.3. The van der Waals surface area contributed by atoms with Crippen LogP contribution in [-0.4, -0.2) is 26.5 Å². The third-order valence-corrected chi connectivity index (χ3v) is 4.72. The van der Waals surface area contributed by atoms with E-state index in [1.165, 1.54) is 42.5 Å². The molecule has 140 valence electrons. The molecule has 0 bridgehead atoms. The minimum absolute atomic E-state index is 0.00466. The Labute approximate surface area is 152 Å². The predicted octanol–water partition coefficient (Wildman–Crippen LogP) is 2.92. The molecule has 0 aliphatic heterocycles. The first-order valence-electron chi connectivity index (χ1n) is 8.03. The normalized spacial score (nSPS) is 12.5. The molecule has 1 atom stereocenters. The highest BCUT2D eigenvalue weighted by atomic mass is 32.2. The summed E-state index contributed by atoms with van der Waals surface area (Å²) in [6, 6.07) is 10.8. The van der Waals surface area contributed by atoms with Gasteiger partial charge in [0, 0.05) is 6.04 Å². The minimum atomic E-state index is -3.86. The van der Waals surface area contributed by atoms with Crippen LogP contribution in [0.15, 0.2) is 53.4 Å². The maximum atomic E-state index is 13.2. The van der Waals surface area contributed by atoms with E-state index < -0.39 is 21.9 Å². The molecule has 0 aliphatic rings. The minimum Gasteiger partial charge on any atom is -0.481 e. The lowest BCUT2D eigenvalue weighted by atomic mass is 10.3. The Morgan fingerprint density at radius 3 is 2.31 bits per heavy atom. The number of sulfonamides is 1. The number of carbonyl (C=O) groups is 1. The van der Waals surface area contributed by atoms with Crippen molar-refractivity contribution >= 4 is 21.6 Å². The number of amides is 1. The van der Waals surface area contributed by atoms with Gasteiger partial charge in [0.15, 0.2) is 6.10 Å². The number of anilines is 1. The third kappa shape index (κ3) is 5.45. The maximum absolute atomic E-state index is 13.2. The van der Waals surface area contributed by atoms with Crippen LogP contribution >= 0.6 is 0 Å². The van der Waals surface area contributed by atoms with Crippen molar-refractivity contribution < 1.29 is 22.3 Å². The first-order chi connectivity index (χ1) is 12.2. The fourth-order valence-corrected chi connectivity index (χ4v) is 3.17. The highest BCUT2D eigenvalue weighted by Crippen LogP contribution is 2.20. The molecular formula is C18H21FN2O4S. The molecule has 0 heterocycles. The number of hydrogen-bond acceptors (Lipinski definition) is 4. The van der Waals surface area contributed by atoms with Gasteiger partial charge in [0.25, 0.3) is 15.9 Å². The molecule has 6 nitrogen and oxygen atoms in total. The summed E-state index contributed by atoms with van der Waals surface area (Å²) in [6.45, 7) is 5.29. The van der Waals surface area contributed by atoms with E-state index in [9.17, 15) is 17.6 Å². The van der Waals surface area contributed by atoms with Gasteiger partial charge in [-0.05, 0) is 63.2 Å². The Balaban J connectivity index is 2.07. The second kappa shape index (κ2) is 8.18. The molecule has 0 aliphatic carbocycles. The van der Waals surface area contributed by atoms with E-state index >= 15 is 0 Å². The van der Waals surface area contributed by atoms with Crippen molar-refractivity contribution in [2.75, 3.05) is 4.72 Å². The zero-order valence-electron chi connectivity index (χ0n) is 14.7. The molecule has 0 aromatic heterocycles. The molecule has 2 rings (SSSR count). The molecule has 8 heteroatoms. The molecule has 26 heavy (non-hydrogen) atoms. The van der Waals surface area contributed by atoms with Crippen molar-refractivity contribution in [3.8, 4) is 5.75 Å². The van der Waals surface area contributed by atoms with Crippen molar-refractivity contribution in [1.29, 1.82) is 0 Å². The Morgan fingerprint density at radius 2 is 1.73 bits per heavy atom. The van der Waals surface area contributed by atoms with E-state index in [2.05, 4.69) is 10.0 Å². The number of ether oxygens (including phenoxy) is 1. The van der Waals surface area contributed by atoms with Gasteiger partial charge in [0.05, 0.1) is 10.6 Å². The molecule has 0 saturated heterocycles. The van der Waals surface area contributed by atoms with Crippen LogP contribution in [-0.2, 0) is 14.8 Å². The molecule has 0 saturated carbocycles. The summed E-state index contributed by atoms with van der Waals surface area (Å²) in [7, 11) is -3.86. The van der Waals surface area contributed by atoms with Crippen LogP contribution in [0.25, 0.3) is 0 Å². The second-order valence-electron chi connectivity index (χ2n) is 6.01. The van der Waals surface area contributed by atoms with Gasteiger partial charge in [-0.3, -0.25) is 9.52 Å². The predicted molar refractivity (Wildman–Crippen MR) is 97.0 cm³/mol. The number of benzene rings is 2. The summed E-state index contributed by atoms with van der Waals surface area (Å²) in [6.07, 6.45) is -0.717. The molecule has 1 amide bonds. The highest BCUT2D eigenvalue weighted by Gasteiger charge is 2.17. The van der Waals surface area contributed by atoms with E-state index in [0.717, 1.165) is 6.07 Å². The lowest BCUT2D eigenvalue weighted by Crippen LogP contribution is -2.40. The summed E-state index contributed by atoms with van der Waals surface area (Å²) in [5, 5.41) is 2.73. The van der Waals surface area contributed by atoms with Crippen LogP contribution in [0.1, 0.15) is 20.8 Å². The van der Waals surface area contributed by atoms with Crippen molar-refractivity contribution in [3.63, 3.8) is 0 Å². The van der Waals surface area contributed by atoms with Crippen LogP contribution in [0.4, 0.5) is 10.1 Å². The van der Waals surface area contributed by atoms with Crippen molar-refractivity contribution in [2.45, 2.75) is 37.8 Å². The third-order valence-electron chi connectivity index (χ3n) is 3.32. The number of hydrogen-bond donors (Lipinski definition) is 2. The SMILES string of the molecule is CC(C)NC(=O)[C@@H](C)Oc1ccc(S(=O)(=O)Nc2cccc(F)c2)cc1. The monoisotopic (exact) mass is 380 g/mol. The number of nitrogens with one attached hydrogen (secondary N) is 2. The fraction of sp³-hybridized carbons (Fsp3) is 0.278. The number of rotatable bonds is 7. The summed E-state index contributed by atoms with van der Waals surface area (Å²) in [5.74, 6) is -0.437. The second-order valence-corrected chi connectivity index (χ2v) is 7.69. The zero-order valence-corrected chi connectivity index (χ0v) is 15.5. The van der Waals surface area contributed by atoms with Gasteiger partial charge in [-0.2, -0.15) is 0 Å². The van der Waals surface area contributed by atoms with E-state index in [1.54, 1.807) is 6.92 Å². The Kier molecular flexibility index (Phi) is 6.20. The molecule has 0 fully saturated rings. The first-order valence-corrected chi connectivity index (χ1v) is 9.51. The van der Waals surface area contributed by atoms with Gasteiger partial charge < -0.3 is 10.1 Å². The average Bonchev–Trinajstić information content (AvgIpc) is 2.54. The maximum Gasteiger partial charge on any atom is 0.261 e. The van der Waals surface area contributed by atoms with Gasteiger partial charge >= 0.3 is 0 Å². The molecular weight excluding hydrogens is 359 g/mol. The van der Waals surface area contributed by atoms with Crippen molar-refractivity contribution in [3.05, 3.63) is 54.3 Å². The van der Waals surface area contributed by atoms with E-state index in [-0.39, 0.29) is 22.5 Å². The highest BCUT2D eigenvalue weighted by molar-refractivity contribution is 7.92. The van der Waals surface area contributed by atoms with E-state index in [4.69, 9.17) is 4.74 Å². The van der Waals surface area contributed by atoms with Gasteiger partial charge in [0.1, 0.15) is 11.6 Å². The van der Waals surface area contributed by atoms with Crippen molar-refractivity contribution in [1.82, 2.24) is 5.32 Å². The summed E-state index contributed by atoms with van der Waals surface area (Å²) in [5.41, 5.74) is 0.129. The Bertz CT molecular complexity index is 867. The smallest absolute Gasteiger partial charge is 0.261 e. The lowest BCUT2D eigenvalue weighted by Gasteiger charge is -2.16.